The van der Waals surface area contributed by atoms with Crippen molar-refractivity contribution in [1.29, 1.82) is 0 Å². The molecule has 2 N–H and O–H groups in total. The molecule has 0 aromatic rings. The number of allylic oxidation sites excluding steroid dienone is 1. The summed E-state index contributed by atoms with van der Waals surface area (Å²) in [7, 11) is 0. The van der Waals surface area contributed by atoms with E-state index >= 15 is 0 Å². The van der Waals surface area contributed by atoms with Gasteiger partial charge in [-0.25, -0.2) is 0 Å². The van der Waals surface area contributed by atoms with Gasteiger partial charge in [0.05, 0.1) is 0 Å². The third-order valence-corrected chi connectivity index (χ3v) is 2.17. The van der Waals surface area contributed by atoms with Crippen LogP contribution in [0.2, 0.25) is 0 Å². The van der Waals surface area contributed by atoms with E-state index in [0.717, 1.165) is 18.9 Å². The van der Waals surface area contributed by atoms with Crippen molar-refractivity contribution in [3.63, 3.8) is 0 Å². The van der Waals surface area contributed by atoms with Gasteiger partial charge in [0.15, 0.2) is 0 Å². The molecule has 1 heteroatoms. The van der Waals surface area contributed by atoms with Gasteiger partial charge < -0.3 is 5.73 Å². The molecule has 1 nitrogen and oxygen atoms in total. The second-order valence-corrected chi connectivity index (χ2v) is 2.95. The number of hydrogen-bond donors (Lipinski definition) is 1. The molecule has 52 valence electrons. The minimum absolute atomic E-state index is 0.816. The molecular formula is C8H15N. The molecule has 1 aliphatic rings. The maximum Gasteiger partial charge on any atom is -0.00397 e. The third-order valence-electron chi connectivity index (χ3n) is 2.17. The van der Waals surface area contributed by atoms with Crippen molar-refractivity contribution < 1.29 is 0 Å². The first-order valence-electron chi connectivity index (χ1n) is 3.64. The molecule has 0 aromatic carbocycles. The molecule has 9 heavy (non-hydrogen) atoms. The van der Waals surface area contributed by atoms with Crippen LogP contribution in [0.5, 0.6) is 0 Å². The minimum Gasteiger partial charge on any atom is -0.330 e. The van der Waals surface area contributed by atoms with Crippen LogP contribution in [0.25, 0.3) is 0 Å². The summed E-state index contributed by atoms with van der Waals surface area (Å²) in [6.07, 6.45) is 2.42. The molecule has 0 heterocycles. The number of rotatable bonds is 2. The van der Waals surface area contributed by atoms with Gasteiger partial charge in [0.25, 0.3) is 0 Å². The van der Waals surface area contributed by atoms with Crippen LogP contribution in [-0.4, -0.2) is 6.54 Å². The standard InChI is InChI=1S/C8H15N/c1-6-5-7(2)8(6)3-4-9/h6H,3-5,9H2,1-2H3/t6-/m1/s1. The molecule has 0 bridgehead atoms. The van der Waals surface area contributed by atoms with E-state index in [-0.39, 0.29) is 0 Å². The molecule has 0 amide bonds. The summed E-state index contributed by atoms with van der Waals surface area (Å²) < 4.78 is 0. The van der Waals surface area contributed by atoms with Crippen molar-refractivity contribution in [3.05, 3.63) is 11.1 Å². The van der Waals surface area contributed by atoms with E-state index < -0.39 is 0 Å². The normalized spacial score (nSPS) is 26.3. The van der Waals surface area contributed by atoms with Crippen LogP contribution in [0.3, 0.4) is 0 Å². The zero-order valence-corrected chi connectivity index (χ0v) is 6.28. The van der Waals surface area contributed by atoms with Gasteiger partial charge in [-0.05, 0) is 32.2 Å². The van der Waals surface area contributed by atoms with Crippen molar-refractivity contribution in [1.82, 2.24) is 0 Å². The summed E-state index contributed by atoms with van der Waals surface area (Å²) in [4.78, 5) is 0. The summed E-state index contributed by atoms with van der Waals surface area (Å²) in [6.45, 7) is 5.31. The lowest BCUT2D eigenvalue weighted by atomic mass is 9.78. The van der Waals surface area contributed by atoms with Crippen molar-refractivity contribution in [2.45, 2.75) is 26.7 Å². The second-order valence-electron chi connectivity index (χ2n) is 2.95. The Labute approximate surface area is 56.9 Å². The molecule has 0 saturated carbocycles. The van der Waals surface area contributed by atoms with Crippen LogP contribution >= 0.6 is 0 Å². The smallest absolute Gasteiger partial charge is 0.00397 e. The molecule has 0 aliphatic heterocycles. The van der Waals surface area contributed by atoms with E-state index in [1.54, 1.807) is 11.1 Å². The van der Waals surface area contributed by atoms with Crippen molar-refractivity contribution in [3.8, 4) is 0 Å². The fourth-order valence-corrected chi connectivity index (χ4v) is 1.62. The summed E-state index contributed by atoms with van der Waals surface area (Å²) in [5.41, 5.74) is 8.61. The molecule has 1 atom stereocenters. The quantitative estimate of drug-likeness (QED) is 0.558. The Balaban J connectivity index is 2.47. The van der Waals surface area contributed by atoms with Gasteiger partial charge in [0, 0.05) is 0 Å². The van der Waals surface area contributed by atoms with Gasteiger partial charge in [-0.15, -0.1) is 0 Å². The Morgan fingerprint density at radius 2 is 2.33 bits per heavy atom. The first kappa shape index (κ1) is 6.81. The van der Waals surface area contributed by atoms with Crippen molar-refractivity contribution in [2.75, 3.05) is 6.54 Å². The lowest BCUT2D eigenvalue weighted by Crippen LogP contribution is -2.16. The fourth-order valence-electron chi connectivity index (χ4n) is 1.62. The fraction of sp³-hybridized carbons (Fsp3) is 0.750. The van der Waals surface area contributed by atoms with Gasteiger partial charge in [0.1, 0.15) is 0 Å². The molecule has 0 radical (unpaired) electrons. The zero-order valence-electron chi connectivity index (χ0n) is 6.28. The summed E-state index contributed by atoms with van der Waals surface area (Å²) in [6, 6.07) is 0. The maximum absolute atomic E-state index is 5.43. The Morgan fingerprint density at radius 3 is 2.56 bits per heavy atom. The average molecular weight is 125 g/mol. The summed E-state index contributed by atoms with van der Waals surface area (Å²) >= 11 is 0. The topological polar surface area (TPSA) is 26.0 Å². The van der Waals surface area contributed by atoms with Crippen molar-refractivity contribution in [2.24, 2.45) is 11.7 Å². The molecule has 0 saturated heterocycles. The Kier molecular flexibility index (Phi) is 1.91. The first-order valence-corrected chi connectivity index (χ1v) is 3.64. The largest absolute Gasteiger partial charge is 0.330 e. The van der Waals surface area contributed by atoms with Gasteiger partial charge in [-0.2, -0.15) is 0 Å². The lowest BCUT2D eigenvalue weighted by molar-refractivity contribution is 0.553. The van der Waals surface area contributed by atoms with E-state index in [4.69, 9.17) is 5.73 Å². The van der Waals surface area contributed by atoms with Crippen LogP contribution in [0.1, 0.15) is 26.7 Å². The summed E-state index contributed by atoms with van der Waals surface area (Å²) in [5, 5.41) is 0. The molecule has 1 rings (SSSR count). The SMILES string of the molecule is CC1=C(CCN)[C@H](C)C1. The molecule has 0 unspecified atom stereocenters. The Morgan fingerprint density at radius 1 is 1.67 bits per heavy atom. The number of nitrogens with two attached hydrogens (primary N) is 1. The van der Waals surface area contributed by atoms with Gasteiger partial charge in [-0.1, -0.05) is 18.1 Å². The average Bonchev–Trinajstić information content (AvgIpc) is 1.84. The van der Waals surface area contributed by atoms with Crippen molar-refractivity contribution >= 4 is 0 Å². The van der Waals surface area contributed by atoms with E-state index in [1.165, 1.54) is 6.42 Å². The monoisotopic (exact) mass is 125 g/mol. The molecule has 0 fully saturated rings. The highest BCUT2D eigenvalue weighted by Crippen LogP contribution is 2.35. The van der Waals surface area contributed by atoms with Crippen LogP contribution in [0, 0.1) is 5.92 Å². The third kappa shape index (κ3) is 1.16. The van der Waals surface area contributed by atoms with Crippen LogP contribution in [-0.2, 0) is 0 Å². The predicted molar refractivity (Wildman–Crippen MR) is 40.2 cm³/mol. The highest BCUT2D eigenvalue weighted by Gasteiger charge is 2.20. The van der Waals surface area contributed by atoms with E-state index in [9.17, 15) is 0 Å². The highest BCUT2D eigenvalue weighted by atomic mass is 14.5. The molecule has 1 aliphatic carbocycles. The lowest BCUT2D eigenvalue weighted by Gasteiger charge is -2.28. The second kappa shape index (κ2) is 2.53. The predicted octanol–water partition coefficient (Wildman–Crippen LogP) is 1.69. The maximum atomic E-state index is 5.43. The van der Waals surface area contributed by atoms with Gasteiger partial charge >= 0.3 is 0 Å². The summed E-state index contributed by atoms with van der Waals surface area (Å²) in [5.74, 6) is 0.827. The zero-order chi connectivity index (χ0) is 6.85. The van der Waals surface area contributed by atoms with Gasteiger partial charge in [0.2, 0.25) is 0 Å². The van der Waals surface area contributed by atoms with E-state index in [1.807, 2.05) is 0 Å². The van der Waals surface area contributed by atoms with E-state index in [0.29, 0.717) is 0 Å². The highest BCUT2D eigenvalue weighted by molar-refractivity contribution is 5.25. The van der Waals surface area contributed by atoms with Crippen LogP contribution in [0.15, 0.2) is 11.1 Å². The molecular weight excluding hydrogens is 110 g/mol. The molecule has 0 spiro atoms. The Hall–Kier alpha value is -0.300. The first-order chi connectivity index (χ1) is 4.25. The van der Waals surface area contributed by atoms with E-state index in [2.05, 4.69) is 13.8 Å². The van der Waals surface area contributed by atoms with Gasteiger partial charge in [-0.3, -0.25) is 0 Å². The Bertz CT molecular complexity index is 136. The molecule has 0 aromatic heterocycles. The number of hydrogen-bond acceptors (Lipinski definition) is 1. The van der Waals surface area contributed by atoms with Crippen LogP contribution in [0.4, 0.5) is 0 Å². The minimum atomic E-state index is 0.816. The van der Waals surface area contributed by atoms with Crippen LogP contribution < -0.4 is 5.73 Å².